The molecule has 0 radical (unpaired) electrons. The Hall–Kier alpha value is -1.37. The Morgan fingerprint density at radius 2 is 2.04 bits per heavy atom. The molecule has 1 aliphatic heterocycles. The summed E-state index contributed by atoms with van der Waals surface area (Å²) in [6.07, 6.45) is 2.27. The van der Waals surface area contributed by atoms with Crippen molar-refractivity contribution in [1.82, 2.24) is 14.5 Å². The molecule has 1 saturated heterocycles. The number of imidazole rings is 1. The summed E-state index contributed by atoms with van der Waals surface area (Å²) in [7, 11) is 3.00. The van der Waals surface area contributed by atoms with Gasteiger partial charge in [0.15, 0.2) is 0 Å². The summed E-state index contributed by atoms with van der Waals surface area (Å²) >= 11 is 2.07. The highest BCUT2D eigenvalue weighted by atomic mass is 127. The molecule has 0 spiro atoms. The Balaban J connectivity index is 1.71. The van der Waals surface area contributed by atoms with Gasteiger partial charge in [-0.05, 0) is 37.0 Å². The Labute approximate surface area is 178 Å². The number of carbonyl (C=O) groups is 2. The van der Waals surface area contributed by atoms with E-state index in [4.69, 9.17) is 8.92 Å². The SMILES string of the molecule is Cn1c(=O)n(C2CCC(=O)NC2=O)c2ccc(CCCOCCOSI)cc21. The molecule has 1 unspecified atom stereocenters. The predicted molar refractivity (Wildman–Crippen MR) is 115 cm³/mol. The maximum Gasteiger partial charge on any atom is 0.329 e. The number of ether oxygens (including phenoxy) is 1. The van der Waals surface area contributed by atoms with Gasteiger partial charge < -0.3 is 8.92 Å². The van der Waals surface area contributed by atoms with Crippen molar-refractivity contribution in [3.63, 3.8) is 0 Å². The third-order valence-corrected chi connectivity index (χ3v) is 5.80. The molecular weight excluding hydrogens is 497 g/mol. The lowest BCUT2D eigenvalue weighted by molar-refractivity contribution is -0.135. The molecule has 2 aromatic rings. The van der Waals surface area contributed by atoms with E-state index in [1.807, 2.05) is 18.2 Å². The van der Waals surface area contributed by atoms with Crippen LogP contribution in [0.4, 0.5) is 0 Å². The summed E-state index contributed by atoms with van der Waals surface area (Å²) in [5.74, 6) is -0.712. The number of aryl methyl sites for hydroxylation is 2. The minimum absolute atomic E-state index is 0.235. The van der Waals surface area contributed by atoms with Crippen LogP contribution in [0.5, 0.6) is 0 Å². The summed E-state index contributed by atoms with van der Waals surface area (Å²) in [4.78, 5) is 36.4. The smallest absolute Gasteiger partial charge is 0.329 e. The molecule has 3 rings (SSSR count). The van der Waals surface area contributed by atoms with Crippen molar-refractivity contribution in [1.29, 1.82) is 0 Å². The largest absolute Gasteiger partial charge is 0.379 e. The second-order valence-corrected chi connectivity index (χ2v) is 8.04. The van der Waals surface area contributed by atoms with Crippen LogP contribution < -0.4 is 11.0 Å². The minimum Gasteiger partial charge on any atom is -0.379 e. The van der Waals surface area contributed by atoms with E-state index in [1.165, 1.54) is 13.8 Å². The van der Waals surface area contributed by atoms with Crippen molar-refractivity contribution in [3.05, 3.63) is 34.2 Å². The van der Waals surface area contributed by atoms with Gasteiger partial charge in [-0.2, -0.15) is 0 Å². The fourth-order valence-corrected chi connectivity index (χ4v) is 4.07. The Kier molecular flexibility index (Phi) is 7.55. The van der Waals surface area contributed by atoms with Crippen molar-refractivity contribution < 1.29 is 18.5 Å². The predicted octanol–water partition coefficient (Wildman–Crippen LogP) is 2.28. The lowest BCUT2D eigenvalue weighted by Gasteiger charge is -2.21. The average molecular weight is 519 g/mol. The molecule has 8 nitrogen and oxygen atoms in total. The monoisotopic (exact) mass is 519 g/mol. The van der Waals surface area contributed by atoms with Crippen LogP contribution in [0.3, 0.4) is 0 Å². The van der Waals surface area contributed by atoms with Crippen molar-refractivity contribution in [2.45, 2.75) is 31.7 Å². The van der Waals surface area contributed by atoms with Crippen LogP contribution in [0.1, 0.15) is 30.9 Å². The lowest BCUT2D eigenvalue weighted by Crippen LogP contribution is -2.44. The first-order valence-electron chi connectivity index (χ1n) is 9.04. The third-order valence-electron chi connectivity index (χ3n) is 4.79. The summed E-state index contributed by atoms with van der Waals surface area (Å²) in [6, 6.07) is 5.17. The Morgan fingerprint density at radius 3 is 2.79 bits per heavy atom. The second-order valence-electron chi connectivity index (χ2n) is 6.60. The van der Waals surface area contributed by atoms with E-state index >= 15 is 0 Å². The zero-order valence-corrected chi connectivity index (χ0v) is 18.5. The maximum absolute atomic E-state index is 12.7. The van der Waals surface area contributed by atoms with Gasteiger partial charge >= 0.3 is 5.69 Å². The van der Waals surface area contributed by atoms with Gasteiger partial charge in [0.25, 0.3) is 0 Å². The molecule has 2 heterocycles. The lowest BCUT2D eigenvalue weighted by atomic mass is 10.1. The molecule has 10 heteroatoms. The fourth-order valence-electron chi connectivity index (χ4n) is 3.40. The molecule has 1 fully saturated rings. The zero-order chi connectivity index (χ0) is 20.1. The van der Waals surface area contributed by atoms with Gasteiger partial charge in [0.05, 0.1) is 33.5 Å². The van der Waals surface area contributed by atoms with E-state index < -0.39 is 11.9 Å². The van der Waals surface area contributed by atoms with Crippen molar-refractivity contribution in [3.8, 4) is 0 Å². The second kappa shape index (κ2) is 9.90. The number of hydrogen-bond donors (Lipinski definition) is 1. The van der Waals surface area contributed by atoms with Crippen molar-refractivity contribution in [2.75, 3.05) is 19.8 Å². The number of benzene rings is 1. The van der Waals surface area contributed by atoms with Crippen LogP contribution >= 0.6 is 30.4 Å². The molecule has 0 aliphatic carbocycles. The highest BCUT2D eigenvalue weighted by Gasteiger charge is 2.31. The molecule has 28 heavy (non-hydrogen) atoms. The first kappa shape index (κ1) is 21.3. The summed E-state index contributed by atoms with van der Waals surface area (Å²) < 4.78 is 13.7. The molecule has 0 saturated carbocycles. The van der Waals surface area contributed by atoms with Crippen LogP contribution in [-0.2, 0) is 32.0 Å². The summed E-state index contributed by atoms with van der Waals surface area (Å²) in [5, 5.41) is 2.32. The van der Waals surface area contributed by atoms with E-state index in [9.17, 15) is 14.4 Å². The van der Waals surface area contributed by atoms with Crippen molar-refractivity contribution >= 4 is 53.3 Å². The van der Waals surface area contributed by atoms with Gasteiger partial charge in [0, 0.05) is 41.3 Å². The first-order valence-corrected chi connectivity index (χ1v) is 12.3. The van der Waals surface area contributed by atoms with Gasteiger partial charge in [0.1, 0.15) is 6.04 Å². The number of nitrogens with one attached hydrogen (secondary N) is 1. The topological polar surface area (TPSA) is 91.6 Å². The molecule has 1 aromatic carbocycles. The number of carbonyl (C=O) groups excluding carboxylic acids is 2. The number of fused-ring (bicyclic) bond motifs is 1. The van der Waals surface area contributed by atoms with E-state index in [0.29, 0.717) is 31.8 Å². The Morgan fingerprint density at radius 1 is 1.21 bits per heavy atom. The van der Waals surface area contributed by atoms with Gasteiger partial charge in [0.2, 0.25) is 11.8 Å². The van der Waals surface area contributed by atoms with Crippen LogP contribution in [0.2, 0.25) is 0 Å². The molecule has 2 amide bonds. The Bertz CT molecular complexity index is 926. The van der Waals surface area contributed by atoms with Gasteiger partial charge in [-0.1, -0.05) is 6.07 Å². The van der Waals surface area contributed by atoms with Crippen LogP contribution in [-0.4, -0.2) is 40.8 Å². The number of amides is 2. The first-order chi connectivity index (χ1) is 13.5. The normalized spacial score (nSPS) is 17.3. The molecule has 1 aromatic heterocycles. The number of nitrogens with zero attached hydrogens (tertiary/aromatic N) is 2. The molecule has 0 bridgehead atoms. The number of hydrogen-bond acceptors (Lipinski definition) is 6. The van der Waals surface area contributed by atoms with Crippen LogP contribution in [0.25, 0.3) is 11.0 Å². The minimum atomic E-state index is -0.656. The van der Waals surface area contributed by atoms with E-state index in [-0.39, 0.29) is 18.0 Å². The average Bonchev–Trinajstić information content (AvgIpc) is 2.92. The molecule has 152 valence electrons. The number of rotatable bonds is 9. The van der Waals surface area contributed by atoms with Gasteiger partial charge in [-0.15, -0.1) is 0 Å². The van der Waals surface area contributed by atoms with E-state index in [0.717, 1.165) is 23.9 Å². The number of halogens is 1. The summed E-state index contributed by atoms with van der Waals surface area (Å²) in [5.41, 5.74) is 2.33. The van der Waals surface area contributed by atoms with Crippen molar-refractivity contribution in [2.24, 2.45) is 7.05 Å². The molecule has 1 atom stereocenters. The number of imide groups is 1. The molecule has 1 aliphatic rings. The molecular formula is C18H22IN3O5S. The van der Waals surface area contributed by atoms with E-state index in [1.54, 1.807) is 11.6 Å². The van der Waals surface area contributed by atoms with Crippen LogP contribution in [0.15, 0.2) is 23.0 Å². The van der Waals surface area contributed by atoms with Gasteiger partial charge in [-0.25, -0.2) is 4.79 Å². The maximum atomic E-state index is 12.7. The third kappa shape index (κ3) is 4.78. The summed E-state index contributed by atoms with van der Waals surface area (Å²) in [6.45, 7) is 1.78. The van der Waals surface area contributed by atoms with E-state index in [2.05, 4.69) is 26.5 Å². The van der Waals surface area contributed by atoms with Gasteiger partial charge in [-0.3, -0.25) is 24.0 Å². The highest BCUT2D eigenvalue weighted by Crippen LogP contribution is 2.24. The highest BCUT2D eigenvalue weighted by molar-refractivity contribution is 14.2. The molecule has 1 N–H and O–H groups in total. The standard InChI is InChI=1S/C18H22IN3O5S/c1-21-15-11-12(3-2-8-26-9-10-27-28-19)4-5-13(15)22(18(21)25)14-6-7-16(23)20-17(14)24/h4-5,11,14H,2-3,6-10H2,1H3,(H,20,23,24). The fraction of sp³-hybridized carbons (Fsp3) is 0.500. The van der Waals surface area contributed by atoms with Crippen LogP contribution in [0, 0.1) is 0 Å². The zero-order valence-electron chi connectivity index (χ0n) is 15.5. The number of piperidine rings is 1. The number of aromatic nitrogens is 2. The quantitative estimate of drug-likeness (QED) is 0.237.